The Morgan fingerprint density at radius 1 is 0.580 bits per heavy atom. The summed E-state index contributed by atoms with van der Waals surface area (Å²) in [5, 5.41) is 38.6. The molecule has 0 unspecified atom stereocenters. The highest BCUT2D eigenvalue weighted by Crippen LogP contribution is 2.43. The number of sulfonamides is 1. The van der Waals surface area contributed by atoms with Crippen molar-refractivity contribution in [3.05, 3.63) is 141 Å². The summed E-state index contributed by atoms with van der Waals surface area (Å²) in [7, 11) is 5.84. The number of fused-ring (bicyclic) bond motifs is 5. The summed E-state index contributed by atoms with van der Waals surface area (Å²) in [5.74, 6) is -13.5. The predicted octanol–water partition coefficient (Wildman–Crippen LogP) is 2.33. The van der Waals surface area contributed by atoms with E-state index in [4.69, 9.17) is 14.5 Å². The molecule has 0 radical (unpaired) electrons. The highest BCUT2D eigenvalue weighted by atomic mass is 32.2. The van der Waals surface area contributed by atoms with E-state index in [9.17, 15) is 105 Å². The lowest BCUT2D eigenvalue weighted by molar-refractivity contribution is -0.191. The number of carbonyl (C=O) groups is 17. The third kappa shape index (κ3) is 25.2. The predicted molar refractivity (Wildman–Crippen MR) is 473 cm³/mol. The maximum Gasteiger partial charge on any atom is 0.355 e. The molecule has 1 fully saturated rings. The molecule has 43 nitrogen and oxygen atoms in total. The van der Waals surface area contributed by atoms with Crippen LogP contribution >= 0.6 is 0 Å². The Morgan fingerprint density at radius 2 is 1.11 bits per heavy atom. The maximum atomic E-state index is 14.5. The van der Waals surface area contributed by atoms with Gasteiger partial charge in [-0.25, -0.2) is 37.4 Å². The van der Waals surface area contributed by atoms with Gasteiger partial charge in [0, 0.05) is 109 Å². The minimum absolute atomic E-state index is 0.0398. The van der Waals surface area contributed by atoms with Crippen LogP contribution in [0.1, 0.15) is 107 Å². The average molecular weight is 1840 g/mol. The number of amides is 16. The Kier molecular flexibility index (Phi) is 33.6. The van der Waals surface area contributed by atoms with E-state index < -0.39 is 224 Å². The topological polar surface area (TPSA) is 544 Å². The van der Waals surface area contributed by atoms with E-state index >= 15 is 0 Å². The number of urea groups is 3. The highest BCUT2D eigenvalue weighted by Gasteiger charge is 2.52. The van der Waals surface area contributed by atoms with Crippen molar-refractivity contribution in [2.75, 3.05) is 143 Å². The molecule has 5 heterocycles. The number of pyridine rings is 2. The summed E-state index contributed by atoms with van der Waals surface area (Å²) in [6, 6.07) is 18.3. The van der Waals surface area contributed by atoms with Crippen LogP contribution in [0.2, 0.25) is 0 Å². The van der Waals surface area contributed by atoms with Crippen molar-refractivity contribution >= 4 is 145 Å². The Hall–Kier alpha value is -14.6. The van der Waals surface area contributed by atoms with E-state index in [0.717, 1.165) is 60.6 Å². The summed E-state index contributed by atoms with van der Waals surface area (Å²) in [4.78, 5) is 255. The van der Waals surface area contributed by atoms with Gasteiger partial charge in [-0.3, -0.25) is 67.1 Å². The number of carboxylic acid groups (broad SMARTS) is 2. The van der Waals surface area contributed by atoms with E-state index in [2.05, 4.69) is 41.9 Å². The first-order valence-corrected chi connectivity index (χ1v) is 43.4. The van der Waals surface area contributed by atoms with Crippen LogP contribution in [0.4, 0.5) is 37.1 Å². The zero-order chi connectivity index (χ0) is 96.4. The molecule has 5 atom stereocenters. The fourth-order valence-corrected chi connectivity index (χ4v) is 15.8. The number of anilines is 4. The number of carbonyl (C=O) groups excluding carboxylic acids is 15. The number of para-hydroxylation sites is 1. The molecule has 3 aliphatic heterocycles. The van der Waals surface area contributed by atoms with Crippen molar-refractivity contribution in [3.63, 3.8) is 0 Å². The van der Waals surface area contributed by atoms with Crippen LogP contribution in [0.3, 0.4) is 0 Å². The van der Waals surface area contributed by atoms with Gasteiger partial charge in [-0.15, -0.1) is 0 Å². The number of ether oxygens (including phenoxy) is 2. The lowest BCUT2D eigenvalue weighted by atomic mass is 9.85. The van der Waals surface area contributed by atoms with Crippen molar-refractivity contribution in [1.29, 1.82) is 0 Å². The number of cyclic esters (lactones) is 1. The van der Waals surface area contributed by atoms with Gasteiger partial charge >= 0.3 is 42.0 Å². The molecular formula is C87H109N19O24S. The van der Waals surface area contributed by atoms with Crippen molar-refractivity contribution in [1.82, 2.24) is 74.9 Å². The molecule has 10 N–H and O–H groups in total. The molecule has 0 bridgehead atoms. The number of hydrogen-bond acceptors (Lipinski definition) is 23. The molecule has 702 valence electrons. The molecule has 2 aromatic heterocycles. The fraction of sp³-hybridized carbons (Fsp3) is 0.437. The van der Waals surface area contributed by atoms with Gasteiger partial charge in [-0.1, -0.05) is 71.0 Å². The molecule has 1 saturated heterocycles. The third-order valence-corrected chi connectivity index (χ3v) is 23.6. The summed E-state index contributed by atoms with van der Waals surface area (Å²) >= 11 is 0. The Morgan fingerprint density at radius 3 is 1.65 bits per heavy atom. The van der Waals surface area contributed by atoms with Crippen LogP contribution in [-0.2, 0) is 112 Å². The molecule has 0 saturated carbocycles. The lowest BCUT2D eigenvalue weighted by Crippen LogP contribution is -2.58. The minimum atomic E-state index is -4.24. The second-order valence-corrected chi connectivity index (χ2v) is 34.1. The van der Waals surface area contributed by atoms with E-state index in [-0.39, 0.29) is 76.7 Å². The first-order chi connectivity index (χ1) is 61.9. The van der Waals surface area contributed by atoms with Crippen LogP contribution < -0.4 is 47.5 Å². The second kappa shape index (κ2) is 43.9. The zero-order valence-corrected chi connectivity index (χ0v) is 75.7. The van der Waals surface area contributed by atoms with E-state index in [1.54, 1.807) is 31.4 Å². The number of likely N-dealkylation sites (tertiary alicyclic amines) is 1. The average Bonchev–Trinajstić information content (AvgIpc) is 1.58. The largest absolute Gasteiger partial charge is 0.481 e. The van der Waals surface area contributed by atoms with E-state index in [1.807, 2.05) is 38.1 Å². The molecule has 131 heavy (non-hydrogen) atoms. The fourth-order valence-electron chi connectivity index (χ4n) is 14.7. The Balaban J connectivity index is 0.671. The number of esters is 2. The monoisotopic (exact) mass is 1840 g/mol. The molecule has 16 amide bonds. The molecule has 6 aromatic rings. The number of rotatable bonds is 39. The van der Waals surface area contributed by atoms with Crippen molar-refractivity contribution in [2.24, 2.45) is 5.92 Å². The van der Waals surface area contributed by atoms with Crippen LogP contribution in [0, 0.1) is 5.92 Å². The number of aliphatic carboxylic acids is 2. The maximum absolute atomic E-state index is 14.5. The summed E-state index contributed by atoms with van der Waals surface area (Å²) < 4.78 is 42.6. The van der Waals surface area contributed by atoms with Gasteiger partial charge in [-0.2, -0.15) is 0 Å². The van der Waals surface area contributed by atoms with E-state index in [1.165, 1.54) is 129 Å². The van der Waals surface area contributed by atoms with Gasteiger partial charge < -0.3 is 106 Å². The van der Waals surface area contributed by atoms with Gasteiger partial charge in [-0.05, 0) is 116 Å². The summed E-state index contributed by atoms with van der Waals surface area (Å²) in [6.45, 7) is 4.01. The lowest BCUT2D eigenvalue weighted by Gasteiger charge is -2.37. The molecule has 3 aliphatic rings. The van der Waals surface area contributed by atoms with Gasteiger partial charge in [0.05, 0.1) is 98.6 Å². The van der Waals surface area contributed by atoms with Crippen molar-refractivity contribution in [2.45, 2.75) is 127 Å². The standard InChI is InChI=1S/C87H109N19O24S/c1-14-33-88-84(124)90-54-23-20-25-56(36-54)131(127,128)96-55-24-19-22-51(35-55)63(38-75(115)116)94-85(125)89-52-29-31-53(32-30-52)91-86(126)104(13)48-74(114)103(12)47-73(113)102(11)46-72(112)101(10)45-71(111)100(9)44-70(110)99(8)43-69(109)98(7)42-68(108)97(6)41-67(107)92-64(39-76(117)118)81(121)105-34-21-28-65(105)79(119)95-77(50(4)5)82(122)130-87(16-3)61-37-66-78-59(40-106(66)80(120)60(61)49-129-83(87)123)57(15-2)58-26-17-18-27-62(58)93-78/h17-20,22-27,29-32,35-37,50,63-65,77,96H,14-16,21,28,33-34,38-49H2,1-13H3,(H,91,126)(H,92,107)(H,95,119)(H,115,116)(H,117,118)(H2,88,90,124)(H2,89,94,125)/t63-,64+,65+,77+,87+/m1/s1. The Labute approximate surface area is 754 Å². The van der Waals surface area contributed by atoms with Crippen LogP contribution in [0.25, 0.3) is 22.3 Å². The first kappa shape index (κ1) is 100. The normalized spacial score (nSPS) is 14.7. The zero-order valence-electron chi connectivity index (χ0n) is 74.8. The third-order valence-electron chi connectivity index (χ3n) is 22.3. The van der Waals surface area contributed by atoms with Crippen LogP contribution in [0.5, 0.6) is 0 Å². The smallest absolute Gasteiger partial charge is 0.355 e. The number of nitrogens with zero attached hydrogens (tertiary/aromatic N) is 11. The highest BCUT2D eigenvalue weighted by molar-refractivity contribution is 7.92. The molecule has 9 rings (SSSR count). The summed E-state index contributed by atoms with van der Waals surface area (Å²) in [5.41, 5.74) is 2.00. The number of likely N-dealkylation sites (N-methyl/N-ethyl adjacent to an activating group) is 8. The van der Waals surface area contributed by atoms with E-state index in [0.29, 0.717) is 36.3 Å². The number of aromatic nitrogens is 2. The number of benzene rings is 4. The molecule has 0 spiro atoms. The number of carboxylic acids is 2. The quantitative estimate of drug-likeness (QED) is 0.0247. The minimum Gasteiger partial charge on any atom is -0.481 e. The number of hydrogen-bond donors (Lipinski definition) is 10. The van der Waals surface area contributed by atoms with Crippen molar-refractivity contribution in [3.8, 4) is 11.4 Å². The van der Waals surface area contributed by atoms with Gasteiger partial charge in [0.1, 0.15) is 31.3 Å². The van der Waals surface area contributed by atoms with Gasteiger partial charge in [0.25, 0.3) is 15.6 Å². The summed E-state index contributed by atoms with van der Waals surface area (Å²) in [6.07, 6.45) is -0.151. The molecular weight excluding hydrogens is 1730 g/mol. The molecule has 44 heteroatoms. The Bertz CT molecular complexity index is 5630. The first-order valence-electron chi connectivity index (χ1n) is 41.9. The van der Waals surface area contributed by atoms with Crippen LogP contribution in [-0.4, -0.2) is 313 Å². The second-order valence-electron chi connectivity index (χ2n) is 32.4. The van der Waals surface area contributed by atoms with Crippen LogP contribution in [0.15, 0.2) is 113 Å². The number of aryl methyl sites for hydroxylation is 1. The van der Waals surface area contributed by atoms with Gasteiger partial charge in [0.2, 0.25) is 64.7 Å². The van der Waals surface area contributed by atoms with Crippen molar-refractivity contribution < 1.29 is 110 Å². The molecule has 4 aromatic carbocycles. The molecule has 0 aliphatic carbocycles. The SMILES string of the molecule is CCCNC(=O)Nc1cccc(S(=O)(=O)Nc2cccc([C@@H](CC(=O)O)NC(=O)Nc3ccc(NC(=O)N(C)CC(=O)N(C)CC(=O)N(C)CC(=O)N(C)CC(=O)N(C)CC(=O)N(C)CC(=O)N(C)CC(=O)N(C)CC(=O)N[C@@H](CC(=O)O)C(=O)N4CCC[C@H]4C(=O)N[C@H](C(=O)O[C@]4(CC)C(=O)OCc5c4cc4n(c5=O)Cc5c-4nc4ccccc4c5CC)C(C)C)cc3)c2)c1. The number of nitrogens with one attached hydrogen (secondary N) is 8. The van der Waals surface area contributed by atoms with Gasteiger partial charge in [0.15, 0.2) is 0 Å².